The van der Waals surface area contributed by atoms with Crippen LogP contribution in [0.5, 0.6) is 0 Å². The Labute approximate surface area is 117 Å². The fraction of sp³-hybridized carbons (Fsp3) is 0.417. The van der Waals surface area contributed by atoms with Crippen molar-refractivity contribution in [3.63, 3.8) is 0 Å². The van der Waals surface area contributed by atoms with Gasteiger partial charge >= 0.3 is 5.97 Å². The average molecular weight is 306 g/mol. The number of nitrogens with zero attached hydrogens (tertiary/aromatic N) is 1. The van der Waals surface area contributed by atoms with Crippen LogP contribution in [0.15, 0.2) is 23.1 Å². The number of carboxylic acid groups (broad SMARTS) is 1. The number of hydrogen-bond donors (Lipinski definition) is 1. The molecule has 0 saturated heterocycles. The van der Waals surface area contributed by atoms with E-state index in [9.17, 15) is 13.2 Å². The summed E-state index contributed by atoms with van der Waals surface area (Å²) in [5.74, 6) is -1.03. The maximum atomic E-state index is 12.4. The Bertz CT molecular complexity index is 571. The van der Waals surface area contributed by atoms with Gasteiger partial charge in [-0.1, -0.05) is 24.6 Å². The summed E-state index contributed by atoms with van der Waals surface area (Å²) in [5, 5.41) is 8.98. The number of hydrogen-bond acceptors (Lipinski definition) is 3. The molecular formula is C12H16ClNO4S. The molecule has 0 fully saturated rings. The van der Waals surface area contributed by atoms with Crippen LogP contribution in [0.2, 0.25) is 5.02 Å². The number of aliphatic carboxylic acids is 1. The quantitative estimate of drug-likeness (QED) is 0.873. The number of rotatable bonds is 6. The van der Waals surface area contributed by atoms with E-state index in [4.69, 9.17) is 16.7 Å². The highest BCUT2D eigenvalue weighted by molar-refractivity contribution is 7.89. The summed E-state index contributed by atoms with van der Waals surface area (Å²) in [6, 6.07) is 4.62. The van der Waals surface area contributed by atoms with Crippen molar-refractivity contribution in [2.75, 3.05) is 13.1 Å². The number of sulfonamides is 1. The summed E-state index contributed by atoms with van der Waals surface area (Å²) in [6.07, 6.45) is -0.229. The van der Waals surface area contributed by atoms with Gasteiger partial charge < -0.3 is 5.11 Å². The molecule has 0 spiro atoms. The fourth-order valence-electron chi connectivity index (χ4n) is 1.66. The lowest BCUT2D eigenvalue weighted by molar-refractivity contribution is -0.137. The normalized spacial score (nSPS) is 11.8. The molecule has 0 aliphatic heterocycles. The summed E-state index contributed by atoms with van der Waals surface area (Å²) < 4.78 is 26.0. The number of aryl methyl sites for hydroxylation is 1. The first-order chi connectivity index (χ1) is 8.78. The Morgan fingerprint density at radius 2 is 2.05 bits per heavy atom. The maximum absolute atomic E-state index is 12.4. The van der Waals surface area contributed by atoms with Crippen LogP contribution in [0.4, 0.5) is 0 Å². The van der Waals surface area contributed by atoms with Gasteiger partial charge in [0.15, 0.2) is 0 Å². The molecule has 1 rings (SSSR count). The van der Waals surface area contributed by atoms with Crippen LogP contribution in [0.25, 0.3) is 0 Å². The number of carbonyl (C=O) groups is 1. The smallest absolute Gasteiger partial charge is 0.304 e. The van der Waals surface area contributed by atoms with Gasteiger partial charge in [0, 0.05) is 18.1 Å². The molecule has 0 radical (unpaired) electrons. The molecule has 1 N–H and O–H groups in total. The van der Waals surface area contributed by atoms with Gasteiger partial charge in [0.25, 0.3) is 0 Å². The first-order valence-electron chi connectivity index (χ1n) is 5.77. The third-order valence-electron chi connectivity index (χ3n) is 2.70. The SMILES string of the molecule is CCN(CCC(=O)O)S(=O)(=O)c1cc(Cl)ccc1C. The van der Waals surface area contributed by atoms with Crippen molar-refractivity contribution in [1.82, 2.24) is 4.31 Å². The molecule has 1 aromatic carbocycles. The summed E-state index contributed by atoms with van der Waals surface area (Å²) in [4.78, 5) is 10.7. The molecule has 0 aliphatic rings. The van der Waals surface area contributed by atoms with Gasteiger partial charge in [-0.25, -0.2) is 8.42 Å². The van der Waals surface area contributed by atoms with Gasteiger partial charge in [0.1, 0.15) is 0 Å². The molecule has 0 amide bonds. The van der Waals surface area contributed by atoms with Crippen LogP contribution >= 0.6 is 11.6 Å². The van der Waals surface area contributed by atoms with E-state index in [0.29, 0.717) is 10.6 Å². The highest BCUT2D eigenvalue weighted by atomic mass is 35.5. The minimum atomic E-state index is -3.71. The fourth-order valence-corrected chi connectivity index (χ4v) is 3.60. The second-order valence-electron chi connectivity index (χ2n) is 4.05. The molecule has 7 heteroatoms. The van der Waals surface area contributed by atoms with E-state index in [0.717, 1.165) is 4.31 Å². The second kappa shape index (κ2) is 6.36. The summed E-state index contributed by atoms with van der Waals surface area (Å²) >= 11 is 5.82. The Balaban J connectivity index is 3.13. The molecule has 0 atom stereocenters. The topological polar surface area (TPSA) is 74.7 Å². The highest BCUT2D eigenvalue weighted by Crippen LogP contribution is 2.23. The van der Waals surface area contributed by atoms with Crippen molar-refractivity contribution in [1.29, 1.82) is 0 Å². The Morgan fingerprint density at radius 3 is 2.58 bits per heavy atom. The van der Waals surface area contributed by atoms with Crippen LogP contribution in [0, 0.1) is 6.92 Å². The number of halogens is 1. The molecule has 0 aromatic heterocycles. The third-order valence-corrected chi connectivity index (χ3v) is 5.05. The van der Waals surface area contributed by atoms with Crippen molar-refractivity contribution in [2.24, 2.45) is 0 Å². The molecule has 106 valence electrons. The Hall–Kier alpha value is -1.11. The van der Waals surface area contributed by atoms with E-state index in [1.807, 2.05) is 0 Å². The zero-order chi connectivity index (χ0) is 14.6. The minimum absolute atomic E-state index is 0.0554. The lowest BCUT2D eigenvalue weighted by atomic mass is 10.2. The lowest BCUT2D eigenvalue weighted by Gasteiger charge is -2.20. The number of carboxylic acids is 1. The van der Waals surface area contributed by atoms with Gasteiger partial charge in [-0.05, 0) is 24.6 Å². The predicted octanol–water partition coefficient (Wildman–Crippen LogP) is 2.13. The zero-order valence-electron chi connectivity index (χ0n) is 10.8. The van der Waals surface area contributed by atoms with Gasteiger partial charge in [-0.2, -0.15) is 4.31 Å². The highest BCUT2D eigenvalue weighted by Gasteiger charge is 2.25. The Kier molecular flexibility index (Phi) is 5.34. The van der Waals surface area contributed by atoms with Crippen LogP contribution < -0.4 is 0 Å². The average Bonchev–Trinajstić information content (AvgIpc) is 2.32. The molecule has 0 saturated carbocycles. The van der Waals surface area contributed by atoms with Crippen molar-refractivity contribution in [2.45, 2.75) is 25.2 Å². The van der Waals surface area contributed by atoms with Crippen LogP contribution in [-0.4, -0.2) is 36.9 Å². The predicted molar refractivity (Wildman–Crippen MR) is 72.9 cm³/mol. The first kappa shape index (κ1) is 15.9. The van der Waals surface area contributed by atoms with Gasteiger partial charge in [-0.15, -0.1) is 0 Å². The molecule has 0 aliphatic carbocycles. The van der Waals surface area contributed by atoms with Crippen LogP contribution in [0.1, 0.15) is 18.9 Å². The largest absolute Gasteiger partial charge is 0.481 e. The van der Waals surface area contributed by atoms with Crippen molar-refractivity contribution in [3.05, 3.63) is 28.8 Å². The van der Waals surface area contributed by atoms with Crippen molar-refractivity contribution in [3.8, 4) is 0 Å². The molecule has 0 bridgehead atoms. The molecule has 0 heterocycles. The van der Waals surface area contributed by atoms with E-state index in [2.05, 4.69) is 0 Å². The van der Waals surface area contributed by atoms with Crippen LogP contribution in [-0.2, 0) is 14.8 Å². The molecule has 5 nitrogen and oxygen atoms in total. The molecular weight excluding hydrogens is 290 g/mol. The summed E-state index contributed by atoms with van der Waals surface area (Å²) in [6.45, 7) is 3.50. The summed E-state index contributed by atoms with van der Waals surface area (Å²) in [7, 11) is -3.71. The lowest BCUT2D eigenvalue weighted by Crippen LogP contribution is -2.33. The minimum Gasteiger partial charge on any atom is -0.481 e. The Morgan fingerprint density at radius 1 is 1.42 bits per heavy atom. The van der Waals surface area contributed by atoms with E-state index < -0.39 is 16.0 Å². The van der Waals surface area contributed by atoms with Gasteiger partial charge in [-0.3, -0.25) is 4.79 Å². The molecule has 1 aromatic rings. The second-order valence-corrected chi connectivity index (χ2v) is 6.39. The number of benzene rings is 1. The van der Waals surface area contributed by atoms with Crippen LogP contribution in [0.3, 0.4) is 0 Å². The standard InChI is InChI=1S/C12H16ClNO4S/c1-3-14(7-6-12(15)16)19(17,18)11-8-10(13)5-4-9(11)2/h4-5,8H,3,6-7H2,1-2H3,(H,15,16). The first-order valence-corrected chi connectivity index (χ1v) is 7.59. The molecule has 0 unspecified atom stereocenters. The molecule has 19 heavy (non-hydrogen) atoms. The van der Waals surface area contributed by atoms with E-state index >= 15 is 0 Å². The summed E-state index contributed by atoms with van der Waals surface area (Å²) in [5.41, 5.74) is 0.582. The van der Waals surface area contributed by atoms with Gasteiger partial charge in [0.2, 0.25) is 10.0 Å². The maximum Gasteiger partial charge on any atom is 0.304 e. The van der Waals surface area contributed by atoms with Crippen molar-refractivity contribution >= 4 is 27.6 Å². The third kappa shape index (κ3) is 3.92. The van der Waals surface area contributed by atoms with E-state index in [1.54, 1.807) is 26.0 Å². The zero-order valence-corrected chi connectivity index (χ0v) is 12.3. The van der Waals surface area contributed by atoms with E-state index in [-0.39, 0.29) is 24.4 Å². The van der Waals surface area contributed by atoms with Gasteiger partial charge in [0.05, 0.1) is 11.3 Å². The van der Waals surface area contributed by atoms with Crippen molar-refractivity contribution < 1.29 is 18.3 Å². The van der Waals surface area contributed by atoms with E-state index in [1.165, 1.54) is 6.07 Å². The monoisotopic (exact) mass is 305 g/mol.